The van der Waals surface area contributed by atoms with Crippen LogP contribution in [0.2, 0.25) is 0 Å². The molecule has 5 nitrogen and oxygen atoms in total. The van der Waals surface area contributed by atoms with Gasteiger partial charge in [0.2, 0.25) is 0 Å². The average molecular weight is 337 g/mol. The Balaban J connectivity index is 1.81. The van der Waals surface area contributed by atoms with Crippen molar-refractivity contribution in [3.8, 4) is 0 Å². The van der Waals surface area contributed by atoms with Crippen molar-refractivity contribution in [1.82, 2.24) is 9.88 Å². The molecule has 2 heterocycles. The summed E-state index contributed by atoms with van der Waals surface area (Å²) in [7, 11) is 0. The zero-order valence-corrected chi connectivity index (χ0v) is 12.5. The van der Waals surface area contributed by atoms with Crippen molar-refractivity contribution in [3.05, 3.63) is 63.6 Å². The molecule has 0 saturated heterocycles. The van der Waals surface area contributed by atoms with Crippen molar-refractivity contribution in [3.63, 3.8) is 0 Å². The molecule has 0 aliphatic carbocycles. The number of hydrogen-bond donors (Lipinski definition) is 2. The van der Waals surface area contributed by atoms with Gasteiger partial charge in [0.1, 0.15) is 5.56 Å². The number of nitrogens with one attached hydrogen (secondary N) is 2. The average Bonchev–Trinajstić information content (AvgIpc) is 2.88. The molecule has 0 spiro atoms. The Morgan fingerprint density at radius 1 is 1.21 bits per heavy atom. The van der Waals surface area contributed by atoms with E-state index in [4.69, 9.17) is 0 Å². The summed E-state index contributed by atoms with van der Waals surface area (Å²) in [6, 6.07) is 7.92. The monoisotopic (exact) mass is 337 g/mol. The molecule has 8 heteroatoms. The second-order valence-electron chi connectivity index (χ2n) is 5.57. The standard InChI is InChI=1S/C16H14F3N3O2/c17-16(18,19)9-22-7-10-3-1-5-13(12(10)8-22)21-15(24)11-4-2-6-20-14(11)23/h1-6H,7-9H2,(H,20,23)(H,21,24). The van der Waals surface area contributed by atoms with Gasteiger partial charge in [-0.25, -0.2) is 0 Å². The van der Waals surface area contributed by atoms with E-state index >= 15 is 0 Å². The number of anilines is 1. The number of rotatable bonds is 3. The molecule has 1 aliphatic heterocycles. The van der Waals surface area contributed by atoms with E-state index in [0.717, 1.165) is 5.56 Å². The van der Waals surface area contributed by atoms with Crippen LogP contribution in [0.5, 0.6) is 0 Å². The summed E-state index contributed by atoms with van der Waals surface area (Å²) in [6.07, 6.45) is -2.86. The predicted octanol–water partition coefficient (Wildman–Crippen LogP) is 2.51. The van der Waals surface area contributed by atoms with Gasteiger partial charge in [0.15, 0.2) is 0 Å². The van der Waals surface area contributed by atoms with E-state index in [-0.39, 0.29) is 18.7 Å². The number of amides is 1. The number of halogens is 3. The topological polar surface area (TPSA) is 65.2 Å². The Morgan fingerprint density at radius 2 is 2.00 bits per heavy atom. The smallest absolute Gasteiger partial charge is 0.328 e. The van der Waals surface area contributed by atoms with Crippen molar-refractivity contribution < 1.29 is 18.0 Å². The van der Waals surface area contributed by atoms with Crippen LogP contribution in [-0.2, 0) is 13.1 Å². The van der Waals surface area contributed by atoms with Gasteiger partial charge in [0.05, 0.1) is 6.54 Å². The SMILES string of the molecule is O=C(Nc1cccc2c1CN(CC(F)(F)F)C2)c1ccc[nH]c1=O. The molecular weight excluding hydrogens is 323 g/mol. The highest BCUT2D eigenvalue weighted by molar-refractivity contribution is 6.04. The number of H-pyrrole nitrogens is 1. The number of benzene rings is 1. The van der Waals surface area contributed by atoms with Gasteiger partial charge in [0, 0.05) is 25.0 Å². The molecule has 0 fully saturated rings. The molecule has 1 amide bonds. The molecule has 0 bridgehead atoms. The van der Waals surface area contributed by atoms with Gasteiger partial charge >= 0.3 is 6.18 Å². The minimum atomic E-state index is -4.28. The maximum atomic E-state index is 12.6. The third-order valence-electron chi connectivity index (χ3n) is 3.76. The van der Waals surface area contributed by atoms with Crippen LogP contribution in [0, 0.1) is 0 Å². The quantitative estimate of drug-likeness (QED) is 0.904. The van der Waals surface area contributed by atoms with E-state index in [1.807, 2.05) is 0 Å². The second kappa shape index (κ2) is 6.12. The molecule has 2 aromatic rings. The fourth-order valence-electron chi connectivity index (χ4n) is 2.76. The van der Waals surface area contributed by atoms with Crippen LogP contribution in [-0.4, -0.2) is 28.5 Å². The highest BCUT2D eigenvalue weighted by atomic mass is 19.4. The number of carbonyl (C=O) groups excluding carboxylic acids is 1. The second-order valence-corrected chi connectivity index (χ2v) is 5.57. The highest BCUT2D eigenvalue weighted by Gasteiger charge is 2.34. The maximum absolute atomic E-state index is 12.6. The normalized spacial score (nSPS) is 14.5. The Morgan fingerprint density at radius 3 is 2.71 bits per heavy atom. The van der Waals surface area contributed by atoms with Crippen LogP contribution >= 0.6 is 0 Å². The third kappa shape index (κ3) is 3.48. The molecule has 0 saturated carbocycles. The number of alkyl halides is 3. The van der Waals surface area contributed by atoms with E-state index in [1.54, 1.807) is 18.2 Å². The summed E-state index contributed by atoms with van der Waals surface area (Å²) in [6.45, 7) is -0.742. The molecule has 0 unspecified atom stereocenters. The zero-order chi connectivity index (χ0) is 17.3. The molecule has 0 atom stereocenters. The Bertz CT molecular complexity index is 830. The van der Waals surface area contributed by atoms with Gasteiger partial charge in [-0.2, -0.15) is 13.2 Å². The molecule has 1 aliphatic rings. The van der Waals surface area contributed by atoms with Crippen LogP contribution in [0.4, 0.5) is 18.9 Å². The van der Waals surface area contributed by atoms with Crippen LogP contribution in [0.15, 0.2) is 41.3 Å². The molecule has 3 rings (SSSR count). The van der Waals surface area contributed by atoms with Crippen molar-refractivity contribution in [1.29, 1.82) is 0 Å². The summed E-state index contributed by atoms with van der Waals surface area (Å²) < 4.78 is 37.7. The van der Waals surface area contributed by atoms with E-state index in [9.17, 15) is 22.8 Å². The van der Waals surface area contributed by atoms with Crippen LogP contribution in [0.3, 0.4) is 0 Å². The van der Waals surface area contributed by atoms with Gasteiger partial charge in [-0.1, -0.05) is 12.1 Å². The first-order valence-corrected chi connectivity index (χ1v) is 7.22. The summed E-state index contributed by atoms with van der Waals surface area (Å²) in [5, 5.41) is 2.62. The van der Waals surface area contributed by atoms with E-state index in [0.29, 0.717) is 11.3 Å². The number of pyridine rings is 1. The van der Waals surface area contributed by atoms with Crippen molar-refractivity contribution in [2.45, 2.75) is 19.3 Å². The number of nitrogens with zero attached hydrogens (tertiary/aromatic N) is 1. The summed E-state index contributed by atoms with van der Waals surface area (Å²) >= 11 is 0. The Labute approximate surface area is 135 Å². The molecular formula is C16H14F3N3O2. The Kier molecular flexibility index (Phi) is 4.15. The molecule has 1 aromatic carbocycles. The van der Waals surface area contributed by atoms with E-state index in [2.05, 4.69) is 10.3 Å². The van der Waals surface area contributed by atoms with Crippen molar-refractivity contribution in [2.24, 2.45) is 0 Å². The molecule has 1 aromatic heterocycles. The lowest BCUT2D eigenvalue weighted by atomic mass is 10.1. The molecule has 126 valence electrons. The number of hydrogen-bond acceptors (Lipinski definition) is 3. The number of fused-ring (bicyclic) bond motifs is 1. The largest absolute Gasteiger partial charge is 0.401 e. The number of aromatic amines is 1. The van der Waals surface area contributed by atoms with Gasteiger partial charge in [-0.05, 0) is 29.3 Å². The van der Waals surface area contributed by atoms with Crippen LogP contribution < -0.4 is 10.9 Å². The lowest BCUT2D eigenvalue weighted by Crippen LogP contribution is -2.30. The fraction of sp³-hybridized carbons (Fsp3) is 0.250. The minimum Gasteiger partial charge on any atom is -0.328 e. The van der Waals surface area contributed by atoms with E-state index in [1.165, 1.54) is 23.2 Å². The van der Waals surface area contributed by atoms with Gasteiger partial charge in [-0.3, -0.25) is 14.5 Å². The first kappa shape index (κ1) is 16.3. The highest BCUT2D eigenvalue weighted by Crippen LogP contribution is 2.31. The lowest BCUT2D eigenvalue weighted by Gasteiger charge is -2.17. The van der Waals surface area contributed by atoms with Gasteiger partial charge in [-0.15, -0.1) is 0 Å². The van der Waals surface area contributed by atoms with Gasteiger partial charge in [0.25, 0.3) is 11.5 Å². The number of aromatic nitrogens is 1. The first-order valence-electron chi connectivity index (χ1n) is 7.22. The first-order chi connectivity index (χ1) is 11.3. The predicted molar refractivity (Wildman–Crippen MR) is 81.6 cm³/mol. The van der Waals surface area contributed by atoms with Crippen LogP contribution in [0.25, 0.3) is 0 Å². The molecule has 0 radical (unpaired) electrons. The van der Waals surface area contributed by atoms with E-state index < -0.39 is 24.2 Å². The van der Waals surface area contributed by atoms with Crippen molar-refractivity contribution in [2.75, 3.05) is 11.9 Å². The summed E-state index contributed by atoms with van der Waals surface area (Å²) in [5.74, 6) is -0.598. The van der Waals surface area contributed by atoms with Gasteiger partial charge < -0.3 is 10.3 Å². The molecule has 24 heavy (non-hydrogen) atoms. The maximum Gasteiger partial charge on any atom is 0.401 e. The summed E-state index contributed by atoms with van der Waals surface area (Å²) in [4.78, 5) is 27.5. The zero-order valence-electron chi connectivity index (χ0n) is 12.5. The fourth-order valence-corrected chi connectivity index (χ4v) is 2.76. The van der Waals surface area contributed by atoms with Crippen LogP contribution in [0.1, 0.15) is 21.5 Å². The van der Waals surface area contributed by atoms with Crippen molar-refractivity contribution >= 4 is 11.6 Å². The number of carbonyl (C=O) groups is 1. The summed E-state index contributed by atoms with van der Waals surface area (Å²) in [5.41, 5.74) is 1.22. The Hall–Kier alpha value is -2.61. The lowest BCUT2D eigenvalue weighted by molar-refractivity contribution is -0.146. The third-order valence-corrected chi connectivity index (χ3v) is 3.76. The minimum absolute atomic E-state index is 0.0553. The molecule has 2 N–H and O–H groups in total.